The molecule has 0 radical (unpaired) electrons. The highest BCUT2D eigenvalue weighted by Gasteiger charge is 2.08. The third-order valence-corrected chi connectivity index (χ3v) is 2.60. The summed E-state index contributed by atoms with van der Waals surface area (Å²) in [4.78, 5) is 23.3. The van der Waals surface area contributed by atoms with Crippen LogP contribution in [0.3, 0.4) is 0 Å². The summed E-state index contributed by atoms with van der Waals surface area (Å²) < 4.78 is 0. The lowest BCUT2D eigenvalue weighted by Crippen LogP contribution is -2.01. The molecule has 1 N–H and O–H groups in total. The van der Waals surface area contributed by atoms with E-state index in [9.17, 15) is 14.7 Å². The first kappa shape index (κ1) is 12.8. The first-order chi connectivity index (χ1) is 9.18. The molecule has 0 aliphatic carbocycles. The van der Waals surface area contributed by atoms with Gasteiger partial charge in [-0.1, -0.05) is 48.5 Å². The van der Waals surface area contributed by atoms with Crippen LogP contribution < -0.4 is 5.43 Å². The van der Waals surface area contributed by atoms with Crippen LogP contribution in [-0.2, 0) is 0 Å². The number of hydrogen-bond donors (Lipinski definition) is 1. The van der Waals surface area contributed by atoms with Gasteiger partial charge in [0.1, 0.15) is 0 Å². The number of rotatable bonds is 3. The Morgan fingerprint density at radius 1 is 0.947 bits per heavy atom. The predicted octanol–water partition coefficient (Wildman–Crippen LogP) is 2.65. The van der Waals surface area contributed by atoms with Gasteiger partial charge in [0.05, 0.1) is 5.56 Å². The molecular weight excluding hydrogens is 240 g/mol. The molecule has 0 aromatic heterocycles. The van der Waals surface area contributed by atoms with Gasteiger partial charge in [-0.05, 0) is 23.8 Å². The van der Waals surface area contributed by atoms with E-state index in [-0.39, 0.29) is 5.56 Å². The molecule has 0 spiro atoms. The molecule has 0 saturated carbocycles. The lowest BCUT2D eigenvalue weighted by atomic mass is 10.1. The summed E-state index contributed by atoms with van der Waals surface area (Å²) in [7, 11) is 0. The highest BCUT2D eigenvalue weighted by Crippen LogP contribution is 2.12. The van der Waals surface area contributed by atoms with Crippen LogP contribution in [0.25, 0.3) is 6.08 Å². The number of aromatic hydroxyl groups is 1. The van der Waals surface area contributed by atoms with E-state index in [0.29, 0.717) is 0 Å². The van der Waals surface area contributed by atoms with Crippen molar-refractivity contribution in [3.8, 4) is 5.75 Å². The monoisotopic (exact) mass is 252 g/mol. The van der Waals surface area contributed by atoms with Crippen molar-refractivity contribution in [3.05, 3.63) is 82.0 Å². The molecule has 0 fully saturated rings. The zero-order chi connectivity index (χ0) is 13.7. The van der Waals surface area contributed by atoms with E-state index in [2.05, 4.69) is 0 Å². The Morgan fingerprint density at radius 3 is 2.32 bits per heavy atom. The number of allylic oxidation sites excluding steroid dienone is 1. The molecule has 94 valence electrons. The Labute approximate surface area is 110 Å². The van der Waals surface area contributed by atoms with E-state index in [1.54, 1.807) is 12.1 Å². The second-order valence-corrected chi connectivity index (χ2v) is 3.95. The quantitative estimate of drug-likeness (QED) is 0.675. The molecule has 2 aromatic carbocycles. The third kappa shape index (κ3) is 3.16. The minimum atomic E-state index is -0.568. The zero-order valence-corrected chi connectivity index (χ0v) is 10.1. The number of carbonyl (C=O) groups excluding carboxylic acids is 1. The van der Waals surface area contributed by atoms with Gasteiger partial charge in [0.25, 0.3) is 0 Å². The van der Waals surface area contributed by atoms with Crippen molar-refractivity contribution in [2.75, 3.05) is 0 Å². The molecule has 2 aromatic rings. The summed E-state index contributed by atoms with van der Waals surface area (Å²) in [5.74, 6) is -0.928. The highest BCUT2D eigenvalue weighted by atomic mass is 16.3. The largest absolute Gasteiger partial charge is 0.504 e. The molecule has 0 aliphatic rings. The number of benzene rings is 1. The predicted molar refractivity (Wildman–Crippen MR) is 74.2 cm³/mol. The molecule has 0 heterocycles. The number of hydrogen-bond acceptors (Lipinski definition) is 3. The van der Waals surface area contributed by atoms with E-state index in [1.165, 1.54) is 24.3 Å². The van der Waals surface area contributed by atoms with Crippen molar-refractivity contribution in [1.29, 1.82) is 0 Å². The van der Waals surface area contributed by atoms with E-state index in [4.69, 9.17) is 0 Å². The SMILES string of the molecule is O=C(/C=C/c1ccccc1)c1ccccc(=O)c1O. The molecule has 0 unspecified atom stereocenters. The van der Waals surface area contributed by atoms with Gasteiger partial charge in [0, 0.05) is 0 Å². The van der Waals surface area contributed by atoms with E-state index in [1.807, 2.05) is 30.3 Å². The maximum atomic E-state index is 11.9. The molecule has 3 nitrogen and oxygen atoms in total. The number of ketones is 1. The smallest absolute Gasteiger partial charge is 0.220 e. The average Bonchev–Trinajstić information content (AvgIpc) is 2.60. The Kier molecular flexibility index (Phi) is 3.88. The van der Waals surface area contributed by atoms with Crippen molar-refractivity contribution < 1.29 is 9.90 Å². The maximum Gasteiger partial charge on any atom is 0.220 e. The first-order valence-corrected chi connectivity index (χ1v) is 5.78. The minimum absolute atomic E-state index is 0.00202. The third-order valence-electron chi connectivity index (χ3n) is 2.60. The van der Waals surface area contributed by atoms with E-state index < -0.39 is 17.0 Å². The Morgan fingerprint density at radius 2 is 1.58 bits per heavy atom. The summed E-state index contributed by atoms with van der Waals surface area (Å²) in [6.07, 6.45) is 2.98. The normalized spacial score (nSPS) is 10.5. The van der Waals surface area contributed by atoms with Gasteiger partial charge in [-0.15, -0.1) is 0 Å². The van der Waals surface area contributed by atoms with Gasteiger partial charge < -0.3 is 5.11 Å². The summed E-state index contributed by atoms with van der Waals surface area (Å²) in [6.45, 7) is 0. The van der Waals surface area contributed by atoms with Crippen molar-refractivity contribution in [3.63, 3.8) is 0 Å². The van der Waals surface area contributed by atoms with Crippen molar-refractivity contribution in [1.82, 2.24) is 0 Å². The molecule has 0 atom stereocenters. The fraction of sp³-hybridized carbons (Fsp3) is 0. The molecule has 3 heteroatoms. The standard InChI is InChI=1S/C16H12O3/c17-14(11-10-12-6-2-1-3-7-12)13-8-4-5-9-15(18)16(13)19/h1-11H,(H,18,19)/b11-10+. The van der Waals surface area contributed by atoms with Gasteiger partial charge in [-0.2, -0.15) is 0 Å². The fourth-order valence-corrected chi connectivity index (χ4v) is 1.61. The van der Waals surface area contributed by atoms with Gasteiger partial charge >= 0.3 is 0 Å². The Bertz CT molecular complexity index is 673. The maximum absolute atomic E-state index is 11.9. The Balaban J connectivity index is 2.32. The van der Waals surface area contributed by atoms with Crippen molar-refractivity contribution >= 4 is 11.9 Å². The fourth-order valence-electron chi connectivity index (χ4n) is 1.61. The van der Waals surface area contributed by atoms with Crippen LogP contribution in [0, 0.1) is 0 Å². The van der Waals surface area contributed by atoms with Gasteiger partial charge in [-0.3, -0.25) is 9.59 Å². The molecule has 19 heavy (non-hydrogen) atoms. The average molecular weight is 252 g/mol. The summed E-state index contributed by atoms with van der Waals surface area (Å²) >= 11 is 0. The minimum Gasteiger partial charge on any atom is -0.504 e. The van der Waals surface area contributed by atoms with Gasteiger partial charge in [-0.25, -0.2) is 0 Å². The second-order valence-electron chi connectivity index (χ2n) is 3.95. The van der Waals surface area contributed by atoms with Crippen LogP contribution in [0.2, 0.25) is 0 Å². The summed E-state index contributed by atoms with van der Waals surface area (Å²) in [6, 6.07) is 15.0. The van der Waals surface area contributed by atoms with Gasteiger partial charge in [0.2, 0.25) is 5.43 Å². The lowest BCUT2D eigenvalue weighted by Gasteiger charge is -1.95. The van der Waals surface area contributed by atoms with Crippen molar-refractivity contribution in [2.24, 2.45) is 0 Å². The van der Waals surface area contributed by atoms with E-state index in [0.717, 1.165) is 5.56 Å². The van der Waals surface area contributed by atoms with Crippen molar-refractivity contribution in [2.45, 2.75) is 0 Å². The van der Waals surface area contributed by atoms with E-state index >= 15 is 0 Å². The molecule has 0 saturated heterocycles. The van der Waals surface area contributed by atoms with Crippen LogP contribution >= 0.6 is 0 Å². The van der Waals surface area contributed by atoms with Crippen LogP contribution in [-0.4, -0.2) is 10.9 Å². The number of carbonyl (C=O) groups is 1. The zero-order valence-electron chi connectivity index (χ0n) is 10.1. The first-order valence-electron chi connectivity index (χ1n) is 5.78. The molecule has 0 amide bonds. The highest BCUT2D eigenvalue weighted by molar-refractivity contribution is 6.08. The summed E-state index contributed by atoms with van der Waals surface area (Å²) in [5, 5.41) is 9.66. The Hall–Kier alpha value is -2.68. The van der Waals surface area contributed by atoms with Gasteiger partial charge in [0.15, 0.2) is 11.5 Å². The summed E-state index contributed by atoms with van der Waals surface area (Å²) in [5.41, 5.74) is 0.307. The molecular formula is C16H12O3. The molecule has 0 aliphatic heterocycles. The molecule has 2 rings (SSSR count). The van der Waals surface area contributed by atoms with Crippen LogP contribution in [0.4, 0.5) is 0 Å². The van der Waals surface area contributed by atoms with Crippen LogP contribution in [0.1, 0.15) is 15.9 Å². The topological polar surface area (TPSA) is 54.4 Å². The lowest BCUT2D eigenvalue weighted by molar-refractivity contribution is 0.104. The second kappa shape index (κ2) is 5.78. The molecule has 0 bridgehead atoms. The van der Waals surface area contributed by atoms with Crippen LogP contribution in [0.5, 0.6) is 5.75 Å². The van der Waals surface area contributed by atoms with Crippen LogP contribution in [0.15, 0.2) is 65.5 Å².